The molecule has 0 heterocycles. The average molecular weight is 356 g/mol. The molecule has 2 heteroatoms. The Labute approximate surface area is 159 Å². The molecule has 0 nitrogen and oxygen atoms in total. The molecule has 0 unspecified atom stereocenters. The van der Waals surface area contributed by atoms with Gasteiger partial charge in [0.1, 0.15) is 0 Å². The molecule has 0 aromatic heterocycles. The number of alkyl halides is 1. The van der Waals surface area contributed by atoms with E-state index >= 15 is 0 Å². The number of halogens is 1. The molecule has 0 aromatic carbocycles. The molecule has 0 aromatic rings. The standard InChI is InChI=1S/C18H37Br.Na/c1-2-3-4-5-6-7-8-9-10-11-12-13-14-15-16-17-18-19;/h2-18H2,1H3;. The Bertz CT molecular complexity index is 134. The predicted octanol–water partition coefficient (Wildman–Crippen LogP) is 7.26. The SMILES string of the molecule is CCCCCCCCCCCCCCCCCCBr.[Na]. The first-order chi connectivity index (χ1) is 9.41. The van der Waals surface area contributed by atoms with E-state index in [0.29, 0.717) is 0 Å². The summed E-state index contributed by atoms with van der Waals surface area (Å²) in [4.78, 5) is 0. The molecular weight excluding hydrogens is 319 g/mol. The second-order valence-electron chi connectivity index (χ2n) is 5.99. The van der Waals surface area contributed by atoms with Gasteiger partial charge in [-0.2, -0.15) is 0 Å². The van der Waals surface area contributed by atoms with Crippen LogP contribution in [0.15, 0.2) is 0 Å². The minimum Gasteiger partial charge on any atom is -0.0928 e. The van der Waals surface area contributed by atoms with E-state index in [-0.39, 0.29) is 29.6 Å². The van der Waals surface area contributed by atoms with Crippen molar-refractivity contribution in [1.29, 1.82) is 0 Å². The van der Waals surface area contributed by atoms with Gasteiger partial charge in [0, 0.05) is 34.9 Å². The number of hydrogen-bond acceptors (Lipinski definition) is 0. The smallest absolute Gasteiger partial charge is 0.00313 e. The number of rotatable bonds is 16. The molecule has 0 N–H and O–H groups in total. The summed E-state index contributed by atoms with van der Waals surface area (Å²) in [6, 6.07) is 0. The maximum Gasteiger partial charge on any atom is 0.00313 e. The second kappa shape index (κ2) is 22.8. The van der Waals surface area contributed by atoms with Gasteiger partial charge in [-0.15, -0.1) is 0 Å². The van der Waals surface area contributed by atoms with E-state index in [1.54, 1.807) is 0 Å². The molecule has 0 bridgehead atoms. The van der Waals surface area contributed by atoms with Crippen LogP contribution in [-0.2, 0) is 0 Å². The summed E-state index contributed by atoms with van der Waals surface area (Å²) in [6.45, 7) is 2.29. The van der Waals surface area contributed by atoms with Crippen molar-refractivity contribution in [2.75, 3.05) is 5.33 Å². The minimum absolute atomic E-state index is 0. The third-order valence-corrected chi connectivity index (χ3v) is 4.55. The topological polar surface area (TPSA) is 0 Å². The van der Waals surface area contributed by atoms with E-state index in [4.69, 9.17) is 0 Å². The summed E-state index contributed by atoms with van der Waals surface area (Å²) in [7, 11) is 0. The molecule has 0 aliphatic heterocycles. The van der Waals surface area contributed by atoms with Crippen molar-refractivity contribution in [2.45, 2.75) is 110 Å². The van der Waals surface area contributed by atoms with Crippen LogP contribution < -0.4 is 0 Å². The second-order valence-corrected chi connectivity index (χ2v) is 6.79. The van der Waals surface area contributed by atoms with Gasteiger partial charge in [0.2, 0.25) is 0 Å². The quantitative estimate of drug-likeness (QED) is 0.155. The average Bonchev–Trinajstić information content (AvgIpc) is 2.43. The maximum atomic E-state index is 3.49. The fourth-order valence-corrected chi connectivity index (χ4v) is 3.04. The predicted molar refractivity (Wildman–Crippen MR) is 99.1 cm³/mol. The van der Waals surface area contributed by atoms with Crippen molar-refractivity contribution < 1.29 is 0 Å². The zero-order valence-electron chi connectivity index (χ0n) is 14.4. The van der Waals surface area contributed by atoms with Crippen molar-refractivity contribution in [1.82, 2.24) is 0 Å². The van der Waals surface area contributed by atoms with Gasteiger partial charge in [-0.25, -0.2) is 0 Å². The zero-order valence-corrected chi connectivity index (χ0v) is 18.0. The van der Waals surface area contributed by atoms with Crippen LogP contribution in [0.2, 0.25) is 0 Å². The Balaban J connectivity index is 0. The van der Waals surface area contributed by atoms with Gasteiger partial charge < -0.3 is 0 Å². The molecule has 0 atom stereocenters. The molecule has 0 amide bonds. The molecule has 0 saturated heterocycles. The van der Waals surface area contributed by atoms with Gasteiger partial charge in [0.25, 0.3) is 0 Å². The van der Waals surface area contributed by atoms with Crippen LogP contribution in [0.5, 0.6) is 0 Å². The summed E-state index contributed by atoms with van der Waals surface area (Å²) in [5.74, 6) is 0. The Morgan fingerprint density at radius 3 is 0.950 bits per heavy atom. The van der Waals surface area contributed by atoms with Crippen molar-refractivity contribution in [3.63, 3.8) is 0 Å². The van der Waals surface area contributed by atoms with Gasteiger partial charge in [-0.3, -0.25) is 0 Å². The third-order valence-electron chi connectivity index (χ3n) is 3.99. The molecule has 0 aliphatic rings. The van der Waals surface area contributed by atoms with Crippen LogP contribution in [0, 0.1) is 0 Å². The Hall–Kier alpha value is 1.48. The molecule has 0 saturated carbocycles. The van der Waals surface area contributed by atoms with Crippen molar-refractivity contribution in [2.24, 2.45) is 0 Å². The molecule has 1 radical (unpaired) electrons. The Morgan fingerprint density at radius 2 is 0.700 bits per heavy atom. The largest absolute Gasteiger partial charge is 0.0928 e. The number of unbranched alkanes of at least 4 members (excludes halogenated alkanes) is 15. The third kappa shape index (κ3) is 21.8. The number of hydrogen-bond donors (Lipinski definition) is 0. The minimum atomic E-state index is 0. The molecule has 0 fully saturated rings. The van der Waals surface area contributed by atoms with Gasteiger partial charge in [0.05, 0.1) is 0 Å². The molecule has 0 spiro atoms. The molecule has 20 heavy (non-hydrogen) atoms. The van der Waals surface area contributed by atoms with E-state index in [1.165, 1.54) is 108 Å². The van der Waals surface area contributed by atoms with E-state index in [2.05, 4.69) is 22.9 Å². The zero-order chi connectivity index (χ0) is 14.0. The first-order valence-electron chi connectivity index (χ1n) is 8.97. The van der Waals surface area contributed by atoms with Crippen LogP contribution in [0.1, 0.15) is 110 Å². The van der Waals surface area contributed by atoms with Crippen LogP contribution in [0.4, 0.5) is 0 Å². The molecule has 0 aliphatic carbocycles. The van der Waals surface area contributed by atoms with Crippen LogP contribution in [-0.4, -0.2) is 34.9 Å². The molecule has 117 valence electrons. The molecule has 0 rings (SSSR count). The fraction of sp³-hybridized carbons (Fsp3) is 1.00. The fourth-order valence-electron chi connectivity index (χ4n) is 2.64. The Kier molecular flexibility index (Phi) is 27.0. The summed E-state index contributed by atoms with van der Waals surface area (Å²) in [5, 5.41) is 1.19. The monoisotopic (exact) mass is 355 g/mol. The molecular formula is C18H37BrNa. The summed E-state index contributed by atoms with van der Waals surface area (Å²) < 4.78 is 0. The maximum absolute atomic E-state index is 3.49. The first kappa shape index (κ1) is 23.7. The normalized spacial score (nSPS) is 10.5. The first-order valence-corrected chi connectivity index (χ1v) is 10.1. The van der Waals surface area contributed by atoms with E-state index in [9.17, 15) is 0 Å². The van der Waals surface area contributed by atoms with Gasteiger partial charge in [-0.05, 0) is 6.42 Å². The van der Waals surface area contributed by atoms with Gasteiger partial charge in [-0.1, -0.05) is 119 Å². The van der Waals surface area contributed by atoms with Gasteiger partial charge >= 0.3 is 0 Å². The van der Waals surface area contributed by atoms with Gasteiger partial charge in [0.15, 0.2) is 0 Å². The van der Waals surface area contributed by atoms with Crippen LogP contribution in [0.25, 0.3) is 0 Å². The van der Waals surface area contributed by atoms with Crippen molar-refractivity contribution in [3.8, 4) is 0 Å². The summed E-state index contributed by atoms with van der Waals surface area (Å²) in [5.41, 5.74) is 0. The van der Waals surface area contributed by atoms with E-state index < -0.39 is 0 Å². The summed E-state index contributed by atoms with van der Waals surface area (Å²) in [6.07, 6.45) is 23.3. The van der Waals surface area contributed by atoms with Crippen LogP contribution >= 0.6 is 15.9 Å². The van der Waals surface area contributed by atoms with Crippen molar-refractivity contribution >= 4 is 45.5 Å². The summed E-state index contributed by atoms with van der Waals surface area (Å²) >= 11 is 3.49. The van der Waals surface area contributed by atoms with E-state index in [0.717, 1.165) is 0 Å². The Morgan fingerprint density at radius 1 is 0.450 bits per heavy atom. The van der Waals surface area contributed by atoms with Crippen molar-refractivity contribution in [3.05, 3.63) is 0 Å². The van der Waals surface area contributed by atoms with Crippen LogP contribution in [0.3, 0.4) is 0 Å². The van der Waals surface area contributed by atoms with E-state index in [1.807, 2.05) is 0 Å².